The summed E-state index contributed by atoms with van der Waals surface area (Å²) in [4.78, 5) is 17.2. The summed E-state index contributed by atoms with van der Waals surface area (Å²) < 4.78 is 12.3. The van der Waals surface area contributed by atoms with Gasteiger partial charge in [0.05, 0.1) is 24.7 Å². The molecule has 1 saturated heterocycles. The van der Waals surface area contributed by atoms with Crippen molar-refractivity contribution >= 4 is 17.3 Å². The third kappa shape index (κ3) is 5.00. The number of aromatic nitrogens is 2. The van der Waals surface area contributed by atoms with E-state index in [1.54, 1.807) is 13.3 Å². The minimum Gasteiger partial charge on any atom is -0.497 e. The molecule has 0 atom stereocenters. The molecule has 162 valence electrons. The van der Waals surface area contributed by atoms with Gasteiger partial charge in [-0.2, -0.15) is 9.78 Å². The number of nitrogens with zero attached hydrogens (tertiary/aromatic N) is 4. The number of anilines is 1. The zero-order valence-corrected chi connectivity index (χ0v) is 18.2. The average molecular weight is 441 g/mol. The Morgan fingerprint density at radius 3 is 2.32 bits per heavy atom. The second kappa shape index (κ2) is 9.85. The molecule has 0 radical (unpaired) electrons. The zero-order valence-electron chi connectivity index (χ0n) is 17.4. The van der Waals surface area contributed by atoms with Crippen LogP contribution in [0.5, 0.6) is 11.5 Å². The molecule has 0 N–H and O–H groups in total. The molecule has 1 aliphatic heterocycles. The number of benzene rings is 2. The molecule has 0 aliphatic carbocycles. The number of methoxy groups -OCH3 is 1. The minimum absolute atomic E-state index is 0.204. The molecule has 31 heavy (non-hydrogen) atoms. The molecule has 0 unspecified atom stereocenters. The molecule has 3 aromatic rings. The van der Waals surface area contributed by atoms with Crippen LogP contribution < -0.4 is 19.9 Å². The summed E-state index contributed by atoms with van der Waals surface area (Å²) >= 11 is 6.43. The summed E-state index contributed by atoms with van der Waals surface area (Å²) in [6.07, 6.45) is 1.68. The second-order valence-corrected chi connectivity index (χ2v) is 7.63. The number of piperazine rings is 1. The number of para-hydroxylation sites is 1. The maximum absolute atomic E-state index is 12.7. The normalized spacial score (nSPS) is 14.5. The first-order chi connectivity index (χ1) is 15.2. The van der Waals surface area contributed by atoms with E-state index >= 15 is 0 Å². The fourth-order valence-electron chi connectivity index (χ4n) is 3.57. The maximum atomic E-state index is 12.7. The monoisotopic (exact) mass is 440 g/mol. The van der Waals surface area contributed by atoms with Crippen LogP contribution in [-0.2, 0) is 0 Å². The Hall–Kier alpha value is -3.03. The Kier molecular flexibility index (Phi) is 6.74. The predicted octanol–water partition coefficient (Wildman–Crippen LogP) is 3.10. The van der Waals surface area contributed by atoms with Crippen molar-refractivity contribution in [1.29, 1.82) is 0 Å². The fraction of sp³-hybridized carbons (Fsp3) is 0.304. The maximum Gasteiger partial charge on any atom is 0.292 e. The van der Waals surface area contributed by atoms with Crippen LogP contribution in [0.15, 0.2) is 65.6 Å². The molecule has 4 rings (SSSR count). The number of hydrogen-bond donors (Lipinski definition) is 0. The van der Waals surface area contributed by atoms with Crippen molar-refractivity contribution in [3.05, 3.63) is 76.2 Å². The summed E-state index contributed by atoms with van der Waals surface area (Å²) in [5, 5.41) is 4.54. The van der Waals surface area contributed by atoms with Gasteiger partial charge in [0.1, 0.15) is 23.1 Å². The van der Waals surface area contributed by atoms with Crippen molar-refractivity contribution in [2.45, 2.75) is 0 Å². The standard InChI is InChI=1S/C23H25ClN4O3/c1-30-19-7-9-20(10-8-19)31-16-15-26-11-13-27(14-12-26)21-17-25-28(23(29)22(21)24)18-5-3-2-4-6-18/h2-10,17H,11-16H2,1H3. The van der Waals surface area contributed by atoms with Crippen molar-refractivity contribution in [2.75, 3.05) is 51.3 Å². The third-order valence-corrected chi connectivity index (χ3v) is 5.71. The highest BCUT2D eigenvalue weighted by Gasteiger charge is 2.21. The van der Waals surface area contributed by atoms with Crippen LogP contribution in [-0.4, -0.2) is 61.1 Å². The van der Waals surface area contributed by atoms with E-state index in [-0.39, 0.29) is 10.6 Å². The van der Waals surface area contributed by atoms with Gasteiger partial charge in [0, 0.05) is 32.7 Å². The SMILES string of the molecule is COc1ccc(OCCN2CCN(c3cnn(-c4ccccc4)c(=O)c3Cl)CC2)cc1. The van der Waals surface area contributed by atoms with Gasteiger partial charge in [-0.1, -0.05) is 29.8 Å². The Bertz CT molecular complexity index is 1050. The average Bonchev–Trinajstić information content (AvgIpc) is 2.82. The van der Waals surface area contributed by atoms with Crippen LogP contribution >= 0.6 is 11.6 Å². The fourth-order valence-corrected chi connectivity index (χ4v) is 3.82. The highest BCUT2D eigenvalue weighted by molar-refractivity contribution is 6.33. The Morgan fingerprint density at radius 1 is 0.968 bits per heavy atom. The first-order valence-corrected chi connectivity index (χ1v) is 10.6. The van der Waals surface area contributed by atoms with E-state index in [0.717, 1.165) is 44.2 Å². The summed E-state index contributed by atoms with van der Waals surface area (Å²) in [5.74, 6) is 1.64. The Balaban J connectivity index is 1.31. The summed E-state index contributed by atoms with van der Waals surface area (Å²) in [6.45, 7) is 4.73. The largest absolute Gasteiger partial charge is 0.497 e. The smallest absolute Gasteiger partial charge is 0.292 e. The number of ether oxygens (including phenoxy) is 2. The van der Waals surface area contributed by atoms with Gasteiger partial charge < -0.3 is 14.4 Å². The van der Waals surface area contributed by atoms with Gasteiger partial charge in [-0.25, -0.2) is 0 Å². The van der Waals surface area contributed by atoms with E-state index in [4.69, 9.17) is 21.1 Å². The summed E-state index contributed by atoms with van der Waals surface area (Å²) in [6, 6.07) is 16.9. The summed E-state index contributed by atoms with van der Waals surface area (Å²) in [7, 11) is 1.65. The molecule has 8 heteroatoms. The first-order valence-electron chi connectivity index (χ1n) is 10.2. The van der Waals surface area contributed by atoms with E-state index in [1.807, 2.05) is 54.6 Å². The van der Waals surface area contributed by atoms with Gasteiger partial charge in [-0.05, 0) is 36.4 Å². The molecule has 1 aliphatic rings. The van der Waals surface area contributed by atoms with Gasteiger partial charge in [0.25, 0.3) is 5.56 Å². The van der Waals surface area contributed by atoms with Crippen LogP contribution in [0.3, 0.4) is 0 Å². The number of halogens is 1. The van der Waals surface area contributed by atoms with E-state index < -0.39 is 0 Å². The number of rotatable bonds is 7. The highest BCUT2D eigenvalue weighted by Crippen LogP contribution is 2.23. The number of hydrogen-bond acceptors (Lipinski definition) is 6. The van der Waals surface area contributed by atoms with Gasteiger partial charge in [0.15, 0.2) is 0 Å². The van der Waals surface area contributed by atoms with Crippen molar-refractivity contribution in [3.8, 4) is 17.2 Å². The van der Waals surface area contributed by atoms with Crippen LogP contribution in [0.25, 0.3) is 5.69 Å². The molecule has 0 spiro atoms. The molecule has 0 bridgehead atoms. The first kappa shape index (κ1) is 21.2. The Labute approximate surface area is 186 Å². The van der Waals surface area contributed by atoms with Crippen molar-refractivity contribution in [2.24, 2.45) is 0 Å². The molecule has 1 aromatic heterocycles. The zero-order chi connectivity index (χ0) is 21.6. The molecule has 0 amide bonds. The lowest BCUT2D eigenvalue weighted by Gasteiger charge is -2.36. The molecule has 0 saturated carbocycles. The topological polar surface area (TPSA) is 59.8 Å². The lowest BCUT2D eigenvalue weighted by Crippen LogP contribution is -2.48. The lowest BCUT2D eigenvalue weighted by molar-refractivity contribution is 0.200. The van der Waals surface area contributed by atoms with Crippen LogP contribution in [0.1, 0.15) is 0 Å². The molecular formula is C23H25ClN4O3. The second-order valence-electron chi connectivity index (χ2n) is 7.25. The predicted molar refractivity (Wildman–Crippen MR) is 122 cm³/mol. The van der Waals surface area contributed by atoms with Gasteiger partial charge in [0.2, 0.25) is 0 Å². The van der Waals surface area contributed by atoms with Crippen LogP contribution in [0, 0.1) is 0 Å². The quantitative estimate of drug-likeness (QED) is 0.562. The van der Waals surface area contributed by atoms with E-state index in [9.17, 15) is 4.79 Å². The van der Waals surface area contributed by atoms with E-state index in [1.165, 1.54) is 4.68 Å². The molecule has 2 heterocycles. The molecule has 1 fully saturated rings. The van der Waals surface area contributed by atoms with Crippen LogP contribution in [0.4, 0.5) is 5.69 Å². The minimum atomic E-state index is -0.305. The van der Waals surface area contributed by atoms with Gasteiger partial charge in [-0.3, -0.25) is 9.69 Å². The van der Waals surface area contributed by atoms with Crippen LogP contribution in [0.2, 0.25) is 5.02 Å². The lowest BCUT2D eigenvalue weighted by atomic mass is 10.2. The third-order valence-electron chi connectivity index (χ3n) is 5.35. The van der Waals surface area contributed by atoms with E-state index in [2.05, 4.69) is 14.9 Å². The van der Waals surface area contributed by atoms with Crippen molar-refractivity contribution in [3.63, 3.8) is 0 Å². The van der Waals surface area contributed by atoms with Crippen molar-refractivity contribution < 1.29 is 9.47 Å². The van der Waals surface area contributed by atoms with Gasteiger partial charge >= 0.3 is 0 Å². The van der Waals surface area contributed by atoms with Crippen molar-refractivity contribution in [1.82, 2.24) is 14.7 Å². The Morgan fingerprint density at radius 2 is 1.65 bits per heavy atom. The molecule has 7 nitrogen and oxygen atoms in total. The van der Waals surface area contributed by atoms with E-state index in [0.29, 0.717) is 18.0 Å². The molecule has 2 aromatic carbocycles. The van der Waals surface area contributed by atoms with Gasteiger partial charge in [-0.15, -0.1) is 0 Å². The highest BCUT2D eigenvalue weighted by atomic mass is 35.5. The summed E-state index contributed by atoms with van der Waals surface area (Å²) in [5.41, 5.74) is 1.08. The molecular weight excluding hydrogens is 416 g/mol.